The highest BCUT2D eigenvalue weighted by Crippen LogP contribution is 2.02. The number of aromatic nitrogens is 1. The van der Waals surface area contributed by atoms with E-state index in [1.165, 1.54) is 0 Å². The largest absolute Gasteiger partial charge is 0.396 e. The maximum atomic E-state index is 11.7. The van der Waals surface area contributed by atoms with Crippen molar-refractivity contribution < 1.29 is 9.90 Å². The van der Waals surface area contributed by atoms with Gasteiger partial charge in [-0.2, -0.15) is 0 Å². The van der Waals surface area contributed by atoms with Gasteiger partial charge in [-0.15, -0.1) is 0 Å². The number of hydrogen-bond acceptors (Lipinski definition) is 3. The smallest absolute Gasteiger partial charge is 0.251 e. The highest BCUT2D eigenvalue weighted by Gasteiger charge is 2.07. The number of aliphatic hydroxyl groups is 1. The fraction of sp³-hybridized carbons (Fsp3) is 0.500. The van der Waals surface area contributed by atoms with E-state index in [1.54, 1.807) is 18.3 Å². The molecular weight excluding hydrogens is 204 g/mol. The molecule has 0 spiro atoms. The summed E-state index contributed by atoms with van der Waals surface area (Å²) in [5.41, 5.74) is 1.46. The van der Waals surface area contributed by atoms with E-state index < -0.39 is 0 Å². The van der Waals surface area contributed by atoms with E-state index in [-0.39, 0.29) is 18.4 Å². The van der Waals surface area contributed by atoms with Crippen LogP contribution in [0.15, 0.2) is 18.3 Å². The molecule has 88 valence electrons. The average Bonchev–Trinajstić information content (AvgIpc) is 2.26. The molecule has 0 radical (unpaired) electrons. The maximum absolute atomic E-state index is 11.7. The van der Waals surface area contributed by atoms with E-state index >= 15 is 0 Å². The standard InChI is InChI=1S/C12H18N2O2/c1-9(4-6-15)8-14-12(16)11-3-5-13-10(2)7-11/h3,5,7,9,15H,4,6,8H2,1-2H3,(H,14,16). The first kappa shape index (κ1) is 12.6. The second-order valence-electron chi connectivity index (χ2n) is 4.01. The molecule has 0 fully saturated rings. The second-order valence-corrected chi connectivity index (χ2v) is 4.01. The van der Waals surface area contributed by atoms with E-state index in [4.69, 9.17) is 5.11 Å². The lowest BCUT2D eigenvalue weighted by atomic mass is 10.1. The quantitative estimate of drug-likeness (QED) is 0.785. The minimum Gasteiger partial charge on any atom is -0.396 e. The van der Waals surface area contributed by atoms with Gasteiger partial charge >= 0.3 is 0 Å². The summed E-state index contributed by atoms with van der Waals surface area (Å²) in [5.74, 6) is 0.201. The Labute approximate surface area is 95.7 Å². The molecule has 1 rings (SSSR count). The van der Waals surface area contributed by atoms with Gasteiger partial charge in [0.25, 0.3) is 5.91 Å². The maximum Gasteiger partial charge on any atom is 0.251 e. The molecule has 1 amide bonds. The minimum atomic E-state index is -0.0877. The van der Waals surface area contributed by atoms with Crippen LogP contribution >= 0.6 is 0 Å². The third-order valence-corrected chi connectivity index (χ3v) is 2.39. The topological polar surface area (TPSA) is 62.2 Å². The summed E-state index contributed by atoms with van der Waals surface area (Å²) in [5, 5.41) is 11.6. The monoisotopic (exact) mass is 222 g/mol. The van der Waals surface area contributed by atoms with Crippen molar-refractivity contribution in [2.75, 3.05) is 13.2 Å². The van der Waals surface area contributed by atoms with Crippen molar-refractivity contribution in [2.24, 2.45) is 5.92 Å². The number of rotatable bonds is 5. The van der Waals surface area contributed by atoms with E-state index in [0.717, 1.165) is 5.69 Å². The van der Waals surface area contributed by atoms with Gasteiger partial charge in [0.1, 0.15) is 0 Å². The van der Waals surface area contributed by atoms with Crippen molar-refractivity contribution >= 4 is 5.91 Å². The normalized spacial score (nSPS) is 12.2. The van der Waals surface area contributed by atoms with Crippen LogP contribution < -0.4 is 5.32 Å². The van der Waals surface area contributed by atoms with Gasteiger partial charge in [-0.05, 0) is 31.4 Å². The summed E-state index contributed by atoms with van der Waals surface area (Å²) in [6, 6.07) is 3.45. The van der Waals surface area contributed by atoms with Gasteiger partial charge in [0.15, 0.2) is 0 Å². The predicted molar refractivity (Wildman–Crippen MR) is 62.2 cm³/mol. The molecule has 1 aromatic rings. The van der Waals surface area contributed by atoms with Crippen LogP contribution in [0.25, 0.3) is 0 Å². The van der Waals surface area contributed by atoms with Crippen LogP contribution in [0.5, 0.6) is 0 Å². The van der Waals surface area contributed by atoms with E-state index in [9.17, 15) is 4.79 Å². The number of carbonyl (C=O) groups excluding carboxylic acids is 1. The third-order valence-electron chi connectivity index (χ3n) is 2.39. The molecule has 16 heavy (non-hydrogen) atoms. The van der Waals surface area contributed by atoms with Crippen molar-refractivity contribution in [1.29, 1.82) is 0 Å². The average molecular weight is 222 g/mol. The van der Waals surface area contributed by atoms with Crippen LogP contribution in [-0.4, -0.2) is 29.1 Å². The van der Waals surface area contributed by atoms with Gasteiger partial charge in [-0.3, -0.25) is 9.78 Å². The Morgan fingerprint density at radius 2 is 2.38 bits per heavy atom. The second kappa shape index (κ2) is 6.23. The molecule has 0 aliphatic heterocycles. The number of aryl methyl sites for hydroxylation is 1. The van der Waals surface area contributed by atoms with Gasteiger partial charge in [0, 0.05) is 30.6 Å². The first-order chi connectivity index (χ1) is 7.63. The molecular formula is C12H18N2O2. The van der Waals surface area contributed by atoms with Crippen LogP contribution in [0.1, 0.15) is 29.4 Å². The van der Waals surface area contributed by atoms with Crippen LogP contribution in [0.2, 0.25) is 0 Å². The molecule has 0 saturated carbocycles. The fourth-order valence-corrected chi connectivity index (χ4v) is 1.38. The number of hydrogen-bond donors (Lipinski definition) is 2. The summed E-state index contributed by atoms with van der Waals surface area (Å²) in [6.45, 7) is 4.59. The van der Waals surface area contributed by atoms with Crippen LogP contribution in [0.3, 0.4) is 0 Å². The highest BCUT2D eigenvalue weighted by molar-refractivity contribution is 5.94. The number of nitrogens with one attached hydrogen (secondary N) is 1. The molecule has 1 atom stereocenters. The van der Waals surface area contributed by atoms with Crippen LogP contribution in [0.4, 0.5) is 0 Å². The number of pyridine rings is 1. The lowest BCUT2D eigenvalue weighted by Gasteiger charge is -2.11. The molecule has 2 N–H and O–H groups in total. The zero-order valence-electron chi connectivity index (χ0n) is 9.73. The number of aliphatic hydroxyl groups excluding tert-OH is 1. The zero-order chi connectivity index (χ0) is 12.0. The Morgan fingerprint density at radius 3 is 3.00 bits per heavy atom. The molecule has 0 aliphatic carbocycles. The van der Waals surface area contributed by atoms with Crippen molar-refractivity contribution in [2.45, 2.75) is 20.3 Å². The molecule has 1 unspecified atom stereocenters. The molecule has 4 nitrogen and oxygen atoms in total. The van der Waals surface area contributed by atoms with E-state index in [2.05, 4.69) is 10.3 Å². The van der Waals surface area contributed by atoms with E-state index in [0.29, 0.717) is 18.5 Å². The lowest BCUT2D eigenvalue weighted by Crippen LogP contribution is -2.28. The number of carbonyl (C=O) groups is 1. The minimum absolute atomic E-state index is 0.0877. The molecule has 4 heteroatoms. The van der Waals surface area contributed by atoms with Crippen LogP contribution in [-0.2, 0) is 0 Å². The Balaban J connectivity index is 2.47. The predicted octanol–water partition coefficient (Wildman–Crippen LogP) is 1.14. The van der Waals surface area contributed by atoms with Crippen molar-refractivity contribution in [3.8, 4) is 0 Å². The molecule has 1 heterocycles. The summed E-state index contributed by atoms with van der Waals surface area (Å²) >= 11 is 0. The zero-order valence-corrected chi connectivity index (χ0v) is 9.73. The molecule has 0 aromatic carbocycles. The Morgan fingerprint density at radius 1 is 1.62 bits per heavy atom. The molecule has 1 aromatic heterocycles. The molecule has 0 saturated heterocycles. The van der Waals surface area contributed by atoms with E-state index in [1.807, 2.05) is 13.8 Å². The Bertz CT molecular complexity index is 353. The van der Waals surface area contributed by atoms with Crippen LogP contribution in [0, 0.1) is 12.8 Å². The number of nitrogens with zero attached hydrogens (tertiary/aromatic N) is 1. The SMILES string of the molecule is Cc1cc(C(=O)NCC(C)CCO)ccn1. The first-order valence-corrected chi connectivity index (χ1v) is 5.45. The Kier molecular flexibility index (Phi) is 4.92. The molecule has 0 bridgehead atoms. The van der Waals surface area contributed by atoms with Gasteiger partial charge in [-0.1, -0.05) is 6.92 Å². The van der Waals surface area contributed by atoms with Gasteiger partial charge in [0.05, 0.1) is 0 Å². The number of amides is 1. The van der Waals surface area contributed by atoms with Crippen molar-refractivity contribution in [3.05, 3.63) is 29.6 Å². The highest BCUT2D eigenvalue weighted by atomic mass is 16.3. The van der Waals surface area contributed by atoms with Gasteiger partial charge in [-0.25, -0.2) is 0 Å². The lowest BCUT2D eigenvalue weighted by molar-refractivity contribution is 0.0945. The first-order valence-electron chi connectivity index (χ1n) is 5.45. The third kappa shape index (κ3) is 3.98. The molecule has 0 aliphatic rings. The van der Waals surface area contributed by atoms with Gasteiger partial charge in [0.2, 0.25) is 0 Å². The van der Waals surface area contributed by atoms with Crippen molar-refractivity contribution in [3.63, 3.8) is 0 Å². The van der Waals surface area contributed by atoms with Gasteiger partial charge < -0.3 is 10.4 Å². The summed E-state index contributed by atoms with van der Waals surface area (Å²) in [7, 11) is 0. The Hall–Kier alpha value is -1.42. The summed E-state index contributed by atoms with van der Waals surface area (Å²) < 4.78 is 0. The fourth-order valence-electron chi connectivity index (χ4n) is 1.38. The summed E-state index contributed by atoms with van der Waals surface area (Å²) in [4.78, 5) is 15.7. The van der Waals surface area contributed by atoms with Crippen molar-refractivity contribution in [1.82, 2.24) is 10.3 Å². The summed E-state index contributed by atoms with van der Waals surface area (Å²) in [6.07, 6.45) is 2.33.